The van der Waals surface area contributed by atoms with Crippen molar-refractivity contribution in [1.82, 2.24) is 14.0 Å². The Hall–Kier alpha value is -4.01. The van der Waals surface area contributed by atoms with Crippen LogP contribution in [0.15, 0.2) is 41.2 Å². The molecule has 1 atom stereocenters. The van der Waals surface area contributed by atoms with Gasteiger partial charge in [0.25, 0.3) is 0 Å². The van der Waals surface area contributed by atoms with E-state index < -0.39 is 77.7 Å². The molecule has 1 fully saturated rings. The lowest BCUT2D eigenvalue weighted by Crippen LogP contribution is -2.58. The Balaban J connectivity index is 1.81. The van der Waals surface area contributed by atoms with E-state index in [1.807, 2.05) is 0 Å². The van der Waals surface area contributed by atoms with E-state index >= 15 is 0 Å². The van der Waals surface area contributed by atoms with Gasteiger partial charge in [0.1, 0.15) is 6.54 Å². The predicted octanol–water partition coefficient (Wildman–Crippen LogP) is 4.24. The highest BCUT2D eigenvalue weighted by Gasteiger charge is 2.45. The summed E-state index contributed by atoms with van der Waals surface area (Å²) in [6, 6.07) is 5.33. The molecule has 3 aromatic rings. The minimum Gasteiger partial charge on any atom is -0.481 e. The zero-order chi connectivity index (χ0) is 29.0. The van der Waals surface area contributed by atoms with Gasteiger partial charge in [-0.3, -0.25) is 28.5 Å². The first-order chi connectivity index (χ1) is 18.0. The molecule has 208 valence electrons. The first-order valence-corrected chi connectivity index (χ1v) is 11.4. The van der Waals surface area contributed by atoms with E-state index in [0.29, 0.717) is 9.47 Å². The number of fused-ring (bicyclic) bond motifs is 1. The summed E-state index contributed by atoms with van der Waals surface area (Å²) in [6.45, 7) is -3.40. The van der Waals surface area contributed by atoms with E-state index in [1.54, 1.807) is 0 Å². The van der Waals surface area contributed by atoms with E-state index in [9.17, 15) is 50.6 Å². The van der Waals surface area contributed by atoms with E-state index in [4.69, 9.17) is 11.6 Å². The summed E-state index contributed by atoms with van der Waals surface area (Å²) in [5, 5.41) is 8.89. The smallest absolute Gasteiger partial charge is 0.418 e. The summed E-state index contributed by atoms with van der Waals surface area (Å²) < 4.78 is 81.7. The predicted molar refractivity (Wildman–Crippen MR) is 124 cm³/mol. The number of hydrogen-bond donors (Lipinski definition) is 1. The number of amides is 3. The van der Waals surface area contributed by atoms with Crippen LogP contribution in [0.4, 0.5) is 36.8 Å². The fourth-order valence-corrected chi connectivity index (χ4v) is 4.70. The largest absolute Gasteiger partial charge is 0.481 e. The van der Waals surface area contributed by atoms with Crippen LogP contribution in [0.25, 0.3) is 11.0 Å². The number of anilines is 1. The van der Waals surface area contributed by atoms with Crippen molar-refractivity contribution in [3.8, 4) is 0 Å². The van der Waals surface area contributed by atoms with Crippen LogP contribution in [0.2, 0.25) is 5.02 Å². The van der Waals surface area contributed by atoms with Crippen LogP contribution >= 0.6 is 11.6 Å². The van der Waals surface area contributed by atoms with Crippen LogP contribution in [0, 0.1) is 5.92 Å². The van der Waals surface area contributed by atoms with Crippen LogP contribution in [0.3, 0.4) is 0 Å². The minimum atomic E-state index is -4.97. The van der Waals surface area contributed by atoms with Gasteiger partial charge in [0.15, 0.2) is 5.92 Å². The highest BCUT2D eigenvalue weighted by molar-refractivity contribution is 6.31. The van der Waals surface area contributed by atoms with E-state index in [-0.39, 0.29) is 16.7 Å². The zero-order valence-corrected chi connectivity index (χ0v) is 20.4. The van der Waals surface area contributed by atoms with Crippen molar-refractivity contribution in [3.05, 3.63) is 63.0 Å². The summed E-state index contributed by atoms with van der Waals surface area (Å²) >= 11 is 5.72. The summed E-state index contributed by atoms with van der Waals surface area (Å²) in [5.74, 6) is -4.87. The maximum Gasteiger partial charge on any atom is 0.418 e. The number of rotatable bonds is 5. The molecule has 1 N–H and O–H groups in total. The van der Waals surface area contributed by atoms with Crippen LogP contribution in [0.1, 0.15) is 11.1 Å². The molecule has 1 aliphatic heterocycles. The Bertz CT molecular complexity index is 1560. The molecule has 2 aromatic carbocycles. The quantitative estimate of drug-likeness (QED) is 0.360. The van der Waals surface area contributed by atoms with E-state index in [2.05, 4.69) is 0 Å². The second-order valence-corrected chi connectivity index (χ2v) is 9.10. The Morgan fingerprint density at radius 2 is 1.72 bits per heavy atom. The number of urea groups is 1. The average Bonchev–Trinajstić information content (AvgIpc) is 3.04. The van der Waals surface area contributed by atoms with Crippen molar-refractivity contribution in [2.24, 2.45) is 13.0 Å². The molecule has 9 nitrogen and oxygen atoms in total. The van der Waals surface area contributed by atoms with Crippen molar-refractivity contribution >= 4 is 46.2 Å². The number of alkyl halides is 6. The maximum absolute atomic E-state index is 13.7. The molecule has 2 heterocycles. The lowest BCUT2D eigenvalue weighted by Gasteiger charge is -2.37. The number of carboxylic acids is 1. The van der Waals surface area contributed by atoms with Crippen LogP contribution in [0.5, 0.6) is 0 Å². The molecule has 3 amide bonds. The number of carboxylic acid groups (broad SMARTS) is 1. The summed E-state index contributed by atoms with van der Waals surface area (Å²) in [5.41, 5.74) is -3.27. The Labute approximate surface area is 219 Å². The normalized spacial score (nSPS) is 16.9. The molecule has 1 aromatic heterocycles. The zero-order valence-electron chi connectivity index (χ0n) is 19.7. The van der Waals surface area contributed by atoms with Gasteiger partial charge >= 0.3 is 30.0 Å². The van der Waals surface area contributed by atoms with Gasteiger partial charge in [-0.05, 0) is 29.8 Å². The van der Waals surface area contributed by atoms with Gasteiger partial charge in [-0.15, -0.1) is 0 Å². The van der Waals surface area contributed by atoms with Gasteiger partial charge in [0.2, 0.25) is 5.91 Å². The molecule has 1 unspecified atom stereocenters. The first-order valence-electron chi connectivity index (χ1n) is 11.0. The number of hydrogen-bond acceptors (Lipinski definition) is 4. The van der Waals surface area contributed by atoms with Crippen LogP contribution in [-0.4, -0.2) is 49.8 Å². The number of carbonyl (C=O) groups excluding carboxylic acids is 2. The highest BCUT2D eigenvalue weighted by Crippen LogP contribution is 2.38. The number of carbonyl (C=O) groups is 3. The van der Waals surface area contributed by atoms with Crippen molar-refractivity contribution in [2.75, 3.05) is 11.4 Å². The average molecular weight is 579 g/mol. The lowest BCUT2D eigenvalue weighted by atomic mass is 10.0. The van der Waals surface area contributed by atoms with Crippen LogP contribution in [-0.2, 0) is 35.9 Å². The third kappa shape index (κ3) is 5.17. The first kappa shape index (κ1) is 28.0. The second-order valence-electron chi connectivity index (χ2n) is 8.70. The topological polar surface area (TPSA) is 105 Å². The highest BCUT2D eigenvalue weighted by atomic mass is 35.5. The van der Waals surface area contributed by atoms with Crippen molar-refractivity contribution in [1.29, 1.82) is 0 Å². The van der Waals surface area contributed by atoms with E-state index in [1.165, 1.54) is 19.2 Å². The van der Waals surface area contributed by atoms with Crippen LogP contribution < -0.4 is 10.6 Å². The number of imide groups is 1. The second kappa shape index (κ2) is 9.63. The molecule has 0 radical (unpaired) electrons. The fourth-order valence-electron chi connectivity index (χ4n) is 4.40. The molecule has 39 heavy (non-hydrogen) atoms. The Morgan fingerprint density at radius 1 is 1.05 bits per heavy atom. The Morgan fingerprint density at radius 3 is 2.31 bits per heavy atom. The molecule has 4 rings (SSSR count). The number of imidazole rings is 1. The van der Waals surface area contributed by atoms with Gasteiger partial charge in [-0.1, -0.05) is 23.7 Å². The number of aryl methyl sites for hydroxylation is 1. The van der Waals surface area contributed by atoms with E-state index in [0.717, 1.165) is 33.7 Å². The molecule has 1 saturated heterocycles. The summed E-state index contributed by atoms with van der Waals surface area (Å²) in [7, 11) is 1.23. The molecular weight excluding hydrogens is 562 g/mol. The number of aliphatic carboxylic acids is 1. The molecular formula is C23H17ClF6N4O5. The summed E-state index contributed by atoms with van der Waals surface area (Å²) in [6.07, 6.45) is -9.75. The molecule has 0 spiro atoms. The van der Waals surface area contributed by atoms with Crippen molar-refractivity contribution in [3.63, 3.8) is 0 Å². The lowest BCUT2D eigenvalue weighted by molar-refractivity contribution is -0.151. The van der Waals surface area contributed by atoms with Gasteiger partial charge in [0.05, 0.1) is 28.2 Å². The van der Waals surface area contributed by atoms with Gasteiger partial charge in [0, 0.05) is 19.3 Å². The molecule has 1 aliphatic rings. The molecule has 0 aliphatic carbocycles. The number of halogens is 7. The van der Waals surface area contributed by atoms with Gasteiger partial charge < -0.3 is 5.11 Å². The molecule has 0 bridgehead atoms. The van der Waals surface area contributed by atoms with Crippen molar-refractivity contribution in [2.45, 2.75) is 25.4 Å². The van der Waals surface area contributed by atoms with Gasteiger partial charge in [-0.2, -0.15) is 26.3 Å². The maximum atomic E-state index is 13.7. The minimum absolute atomic E-state index is 0.0638. The third-order valence-corrected chi connectivity index (χ3v) is 6.49. The molecule has 0 saturated carbocycles. The monoisotopic (exact) mass is 578 g/mol. The number of aromatic nitrogens is 2. The fraction of sp³-hybridized carbons (Fsp3) is 0.304. The van der Waals surface area contributed by atoms with Gasteiger partial charge in [-0.25, -0.2) is 9.59 Å². The van der Waals surface area contributed by atoms with Crippen molar-refractivity contribution < 1.29 is 45.8 Å². The third-order valence-electron chi connectivity index (χ3n) is 6.18. The summed E-state index contributed by atoms with van der Waals surface area (Å²) in [4.78, 5) is 51.5. The molecule has 16 heteroatoms. The SMILES string of the molecule is Cn1c(=O)n(CC(F)(F)F)c2cc(N3CC(C(=O)O)C(=O)N(Cc4cccc(Cl)c4C(F)(F)F)C3=O)ccc21. The standard InChI is InChI=1S/C23H17ClF6N4O5/c1-31-15-6-5-12(7-16(15)34(20(31)38)10-22(25,26)27)32-9-13(19(36)37)18(35)33(21(32)39)8-11-3-2-4-14(24)17(11)23(28,29)30/h2-7,13H,8-10H2,1H3,(H,36,37). The number of nitrogens with zero attached hydrogens (tertiary/aromatic N) is 4. The Kier molecular flexibility index (Phi) is 6.91. The number of benzene rings is 2.